The summed E-state index contributed by atoms with van der Waals surface area (Å²) in [5.41, 5.74) is 16.0. The summed E-state index contributed by atoms with van der Waals surface area (Å²) in [7, 11) is 6.41. The van der Waals surface area contributed by atoms with Crippen LogP contribution in [0.2, 0.25) is 0 Å². The summed E-state index contributed by atoms with van der Waals surface area (Å²) < 4.78 is 22.1. The Labute approximate surface area is 396 Å². The molecule has 3 atom stereocenters. The van der Waals surface area contributed by atoms with Gasteiger partial charge in [0.2, 0.25) is 12.1 Å². The topological polar surface area (TPSA) is 30.7 Å². The van der Waals surface area contributed by atoms with Gasteiger partial charge in [-0.05, 0) is 125 Å². The molecule has 2 fully saturated rings. The number of anilines is 1. The van der Waals surface area contributed by atoms with E-state index in [2.05, 4.69) is 219 Å². The molecule has 3 unspecified atom stereocenters. The smallest absolute Gasteiger partial charge is 0.375 e. The molecule has 0 aromatic heterocycles. The van der Waals surface area contributed by atoms with Crippen LogP contribution in [-0.2, 0) is 22.7 Å². The maximum atomic E-state index is 7.53. The van der Waals surface area contributed by atoms with Crippen LogP contribution in [0.15, 0.2) is 103 Å². The van der Waals surface area contributed by atoms with E-state index in [1.807, 2.05) is 0 Å². The van der Waals surface area contributed by atoms with E-state index >= 15 is 0 Å². The Bertz CT molecular complexity index is 2720. The second-order valence-electron chi connectivity index (χ2n) is 23.1. The molecule has 344 valence electrons. The number of benzene rings is 4. The molecule has 66 heavy (non-hydrogen) atoms. The Kier molecular flexibility index (Phi) is 11.8. The largest absolute Gasteiger partial charge is 0.704 e. The second-order valence-corrected chi connectivity index (χ2v) is 23.1. The minimum atomic E-state index is -1.06. The zero-order valence-corrected chi connectivity index (χ0v) is 42.3. The highest BCUT2D eigenvalue weighted by molar-refractivity contribution is 6.04. The number of allylic oxidation sites excluding steroid dienone is 5. The van der Waals surface area contributed by atoms with Crippen molar-refractivity contribution in [2.75, 3.05) is 32.6 Å². The molecule has 9 rings (SSSR count). The van der Waals surface area contributed by atoms with Gasteiger partial charge in [-0.2, -0.15) is 0 Å². The Balaban J connectivity index is 0.958. The lowest BCUT2D eigenvalue weighted by Gasteiger charge is -2.34. The third-order valence-electron chi connectivity index (χ3n) is 14.7. The molecular weight excluding hydrogens is 809 g/mol. The first-order valence-corrected chi connectivity index (χ1v) is 24.8. The lowest BCUT2D eigenvalue weighted by atomic mass is 9.79. The molecule has 5 aliphatic rings. The van der Waals surface area contributed by atoms with Crippen LogP contribution in [0.3, 0.4) is 0 Å². The van der Waals surface area contributed by atoms with E-state index in [4.69, 9.17) is 9.47 Å². The Morgan fingerprint density at radius 1 is 0.667 bits per heavy atom. The molecule has 0 amide bonds. The van der Waals surface area contributed by atoms with Crippen molar-refractivity contribution < 1.29 is 23.2 Å². The molecular formula is C60H75N4O2+3. The highest BCUT2D eigenvalue weighted by atomic mass is 16.7. The molecule has 3 heterocycles. The molecule has 4 aromatic carbocycles. The monoisotopic (exact) mass is 884 g/mol. The number of rotatable bonds is 8. The molecule has 0 radical (unpaired) electrons. The van der Waals surface area contributed by atoms with Crippen molar-refractivity contribution in [2.45, 2.75) is 149 Å². The Morgan fingerprint density at radius 2 is 1.20 bits per heavy atom. The van der Waals surface area contributed by atoms with Crippen LogP contribution >= 0.6 is 0 Å². The molecule has 3 aliphatic heterocycles. The molecule has 1 spiro atoms. The minimum absolute atomic E-state index is 0.0184. The van der Waals surface area contributed by atoms with Crippen LogP contribution < -0.4 is 14.4 Å². The highest BCUT2D eigenvalue weighted by Crippen LogP contribution is 2.49. The van der Waals surface area contributed by atoms with E-state index in [1.165, 1.54) is 85.5 Å². The van der Waals surface area contributed by atoms with Crippen molar-refractivity contribution in [1.82, 2.24) is 0 Å². The van der Waals surface area contributed by atoms with Gasteiger partial charge in [0.1, 0.15) is 14.1 Å². The summed E-state index contributed by atoms with van der Waals surface area (Å²) in [6.45, 7) is 24.0. The van der Waals surface area contributed by atoms with E-state index < -0.39 is 6.03 Å². The number of hydrogen-bond acceptors (Lipinski definition) is 3. The average Bonchev–Trinajstić information content (AvgIpc) is 3.54. The fourth-order valence-electron chi connectivity index (χ4n) is 10.8. The van der Waals surface area contributed by atoms with Crippen LogP contribution in [0, 0.1) is 6.92 Å². The van der Waals surface area contributed by atoms with Crippen molar-refractivity contribution in [2.24, 2.45) is 0 Å². The van der Waals surface area contributed by atoms with Gasteiger partial charge in [0.15, 0.2) is 29.6 Å². The molecule has 4 aromatic rings. The number of fused-ring (bicyclic) bond motifs is 5. The van der Waals surface area contributed by atoms with E-state index in [9.17, 15) is 0 Å². The summed E-state index contributed by atoms with van der Waals surface area (Å²) in [5, 5.41) is 0. The summed E-state index contributed by atoms with van der Waals surface area (Å²) in [6, 6.07) is 27.2. The maximum Gasteiger partial charge on any atom is 0.704 e. The summed E-state index contributed by atoms with van der Waals surface area (Å²) in [6.07, 6.45) is 21.7. The number of hydrogen-bond donors (Lipinski definition) is 0. The van der Waals surface area contributed by atoms with Gasteiger partial charge in [0.05, 0.1) is 11.1 Å². The molecule has 0 N–H and O–H groups in total. The number of nitrogens with zero attached hydrogens (tertiary/aromatic N) is 4. The standard InChI is InChI=1S/C60H75N4O2/c1-40-21-23-42(24-22-40)54(43-25-29-48(30-26-43)61(11)12)44-27-31-49(32-28-44)62(13)33-17-16-18-41-34-45-38-63-52-19-14-15-20-53(52)64-39-46-36-47(57(2,3)4)37-51(59(8,9)10)56(46)66-60(63,64)65-55(45)50(35-41)58(5,6)7/h21-32,34-39,52-53H,14-20,33H2,1-13H3/q+3. The number of unbranched alkanes of at least 4 members (excludes halogenated alkanes) is 1. The third kappa shape index (κ3) is 8.54. The number of aryl methyl sites for hydroxylation is 2. The van der Waals surface area contributed by atoms with Gasteiger partial charge in [0, 0.05) is 55.4 Å². The van der Waals surface area contributed by atoms with E-state index in [-0.39, 0.29) is 16.2 Å². The molecule has 0 bridgehead atoms. The van der Waals surface area contributed by atoms with Crippen LogP contribution in [0.5, 0.6) is 11.5 Å². The minimum Gasteiger partial charge on any atom is -0.375 e. The molecule has 1 saturated heterocycles. The van der Waals surface area contributed by atoms with E-state index in [0.29, 0.717) is 12.1 Å². The first-order chi connectivity index (χ1) is 31.2. The summed E-state index contributed by atoms with van der Waals surface area (Å²) in [5.74, 6) is 1.92. The normalized spacial score (nSPS) is 20.8. The summed E-state index contributed by atoms with van der Waals surface area (Å²) in [4.78, 5) is 2.41. The SMILES string of the molecule is Cc1ccc(C(=C2C=CC(=[N+](C)C)C=C2)c2ccc(N(C)CCCCc3cc4c(c(C(C)(C)C)c3)OC35Oc6c(cc(C(C)(C)C)cc6C(C)(C)C)C=[N+]3C3CCCCC3[N+]5=C4)cc2)cc1. The van der Waals surface area contributed by atoms with E-state index in [1.54, 1.807) is 0 Å². The molecule has 2 aliphatic carbocycles. The van der Waals surface area contributed by atoms with Crippen LogP contribution in [0.4, 0.5) is 5.69 Å². The lowest BCUT2D eigenvalue weighted by Crippen LogP contribution is -2.60. The highest BCUT2D eigenvalue weighted by Gasteiger charge is 2.77. The quantitative estimate of drug-likeness (QED) is 0.130. The summed E-state index contributed by atoms with van der Waals surface area (Å²) >= 11 is 0. The second kappa shape index (κ2) is 17.0. The number of ether oxygens (including phenoxy) is 2. The maximum absolute atomic E-state index is 7.53. The van der Waals surface area contributed by atoms with Gasteiger partial charge in [-0.25, -0.2) is 4.58 Å². The predicted octanol–water partition coefficient (Wildman–Crippen LogP) is 12.3. The average molecular weight is 884 g/mol. The van der Waals surface area contributed by atoms with Gasteiger partial charge in [-0.1, -0.05) is 126 Å². The fourth-order valence-corrected chi connectivity index (χ4v) is 10.8. The Morgan fingerprint density at radius 3 is 1.73 bits per heavy atom. The predicted molar refractivity (Wildman–Crippen MR) is 275 cm³/mol. The van der Waals surface area contributed by atoms with Crippen molar-refractivity contribution in [1.29, 1.82) is 0 Å². The zero-order valence-electron chi connectivity index (χ0n) is 42.3. The van der Waals surface area contributed by atoms with E-state index in [0.717, 1.165) is 50.1 Å². The lowest BCUT2D eigenvalue weighted by molar-refractivity contribution is -0.866. The molecule has 6 nitrogen and oxygen atoms in total. The van der Waals surface area contributed by atoms with Crippen LogP contribution in [0.25, 0.3) is 5.57 Å². The molecule has 6 heteroatoms. The van der Waals surface area contributed by atoms with Gasteiger partial charge in [-0.15, -0.1) is 0 Å². The van der Waals surface area contributed by atoms with Crippen molar-refractivity contribution in [3.63, 3.8) is 0 Å². The van der Waals surface area contributed by atoms with Gasteiger partial charge in [0.25, 0.3) is 0 Å². The van der Waals surface area contributed by atoms with Crippen LogP contribution in [0.1, 0.15) is 151 Å². The fraction of sp³-hybridized carbons (Fsp3) is 0.450. The first-order valence-electron chi connectivity index (χ1n) is 24.8. The van der Waals surface area contributed by atoms with Gasteiger partial charge < -0.3 is 14.4 Å². The zero-order chi connectivity index (χ0) is 46.9. The van der Waals surface area contributed by atoms with Gasteiger partial charge >= 0.3 is 6.03 Å². The Hall–Kier alpha value is -5.49. The third-order valence-corrected chi connectivity index (χ3v) is 14.7. The van der Waals surface area contributed by atoms with Gasteiger partial charge in [-0.3, -0.25) is 0 Å². The van der Waals surface area contributed by atoms with Crippen molar-refractivity contribution in [3.8, 4) is 11.5 Å². The first kappa shape index (κ1) is 45.7. The molecule has 1 saturated carbocycles. The van der Waals surface area contributed by atoms with Crippen molar-refractivity contribution in [3.05, 3.63) is 153 Å². The van der Waals surface area contributed by atoms with Crippen LogP contribution in [-0.4, -0.2) is 77.7 Å². The van der Waals surface area contributed by atoms with Crippen molar-refractivity contribution >= 4 is 29.4 Å².